The zero-order valence-electron chi connectivity index (χ0n) is 7.65. The van der Waals surface area contributed by atoms with Gasteiger partial charge in [-0.1, -0.05) is 0 Å². The number of ether oxygens (including phenoxy) is 1. The Morgan fingerprint density at radius 3 is 2.50 bits per heavy atom. The number of carbonyl (C=O) groups excluding carboxylic acids is 2. The molecule has 0 aromatic carbocycles. The van der Waals surface area contributed by atoms with Crippen LogP contribution in [0.15, 0.2) is 0 Å². The Balaban J connectivity index is 2.67. The number of carboxylic acid groups (broad SMARTS) is 1. The maximum atomic E-state index is 11.1. The van der Waals surface area contributed by atoms with Crippen molar-refractivity contribution >= 4 is 17.7 Å². The van der Waals surface area contributed by atoms with Crippen LogP contribution >= 0.6 is 0 Å². The Labute approximate surface area is 80.2 Å². The maximum absolute atomic E-state index is 11.1. The van der Waals surface area contributed by atoms with Crippen molar-refractivity contribution in [2.24, 2.45) is 0 Å². The highest BCUT2D eigenvalue weighted by Crippen LogP contribution is 2.10. The molecule has 0 aliphatic carbocycles. The molecular formula is C8H11NO5. The molecule has 0 spiro atoms. The Morgan fingerprint density at radius 2 is 2.00 bits per heavy atom. The van der Waals surface area contributed by atoms with Crippen LogP contribution in [0.3, 0.4) is 0 Å². The lowest BCUT2D eigenvalue weighted by Gasteiger charge is -2.25. The van der Waals surface area contributed by atoms with Gasteiger partial charge in [0.25, 0.3) is 0 Å². The summed E-state index contributed by atoms with van der Waals surface area (Å²) in [6.07, 6.45) is -0.0840. The molecule has 2 atom stereocenters. The number of ketones is 1. The lowest BCUT2D eigenvalue weighted by atomic mass is 9.97. The van der Waals surface area contributed by atoms with Crippen LogP contribution in [0.1, 0.15) is 12.8 Å². The monoisotopic (exact) mass is 201 g/mol. The quantitative estimate of drug-likeness (QED) is 0.553. The van der Waals surface area contributed by atoms with Crippen molar-refractivity contribution in [3.05, 3.63) is 0 Å². The lowest BCUT2D eigenvalue weighted by Crippen LogP contribution is -2.53. The fraction of sp³-hybridized carbons (Fsp3) is 0.625. The molecule has 0 bridgehead atoms. The fourth-order valence-corrected chi connectivity index (χ4v) is 1.35. The van der Waals surface area contributed by atoms with E-state index in [1.165, 1.54) is 7.11 Å². The normalized spacial score (nSPS) is 27.1. The van der Waals surface area contributed by atoms with Crippen LogP contribution in [0.5, 0.6) is 0 Å². The van der Waals surface area contributed by atoms with Gasteiger partial charge in [0.2, 0.25) is 0 Å². The predicted octanol–water partition coefficient (Wildman–Crippen LogP) is -1.07. The van der Waals surface area contributed by atoms with Crippen LogP contribution in [-0.4, -0.2) is 42.0 Å². The number of Topliss-reactive ketones (excluding diaryl/α,β-unsaturated/α-hetero) is 1. The average Bonchev–Trinajstić information content (AvgIpc) is 2.15. The number of carbonyl (C=O) groups is 3. The second-order valence-electron chi connectivity index (χ2n) is 3.08. The van der Waals surface area contributed by atoms with Crippen LogP contribution in [0.2, 0.25) is 0 Å². The third kappa shape index (κ3) is 2.29. The molecule has 1 fully saturated rings. The lowest BCUT2D eigenvalue weighted by molar-refractivity contribution is -0.149. The molecule has 2 unspecified atom stereocenters. The number of rotatable bonds is 2. The van der Waals surface area contributed by atoms with Crippen molar-refractivity contribution in [3.63, 3.8) is 0 Å². The van der Waals surface area contributed by atoms with Crippen LogP contribution in [0.4, 0.5) is 0 Å². The standard InChI is InChI=1S/C8H11NO5/c1-14-8(13)6-3-4(10)2-5(9-6)7(11)12/h5-6,9H,2-3H2,1H3,(H,11,12). The van der Waals surface area contributed by atoms with E-state index in [9.17, 15) is 14.4 Å². The number of esters is 1. The summed E-state index contributed by atoms with van der Waals surface area (Å²) in [6.45, 7) is 0. The summed E-state index contributed by atoms with van der Waals surface area (Å²) in [7, 11) is 1.19. The number of aliphatic carboxylic acids is 1. The van der Waals surface area contributed by atoms with E-state index in [-0.39, 0.29) is 18.6 Å². The average molecular weight is 201 g/mol. The molecule has 1 heterocycles. The zero-order chi connectivity index (χ0) is 10.7. The highest BCUT2D eigenvalue weighted by molar-refractivity contribution is 5.92. The molecule has 0 saturated carbocycles. The van der Waals surface area contributed by atoms with E-state index in [1.807, 2.05) is 0 Å². The van der Waals surface area contributed by atoms with Crippen LogP contribution < -0.4 is 5.32 Å². The van der Waals surface area contributed by atoms with Gasteiger partial charge in [0.1, 0.15) is 17.9 Å². The van der Waals surface area contributed by atoms with E-state index in [0.29, 0.717) is 0 Å². The number of nitrogens with one attached hydrogen (secondary N) is 1. The molecule has 2 N–H and O–H groups in total. The van der Waals surface area contributed by atoms with Gasteiger partial charge < -0.3 is 9.84 Å². The maximum Gasteiger partial charge on any atom is 0.323 e. The topological polar surface area (TPSA) is 92.7 Å². The van der Waals surface area contributed by atoms with Crippen molar-refractivity contribution in [2.45, 2.75) is 24.9 Å². The van der Waals surface area contributed by atoms with Crippen molar-refractivity contribution < 1.29 is 24.2 Å². The van der Waals surface area contributed by atoms with E-state index < -0.39 is 24.0 Å². The first-order valence-electron chi connectivity index (χ1n) is 4.13. The molecular weight excluding hydrogens is 190 g/mol. The van der Waals surface area contributed by atoms with Crippen molar-refractivity contribution in [1.29, 1.82) is 0 Å². The first-order valence-corrected chi connectivity index (χ1v) is 4.13. The van der Waals surface area contributed by atoms with Gasteiger partial charge >= 0.3 is 11.9 Å². The minimum atomic E-state index is -1.13. The summed E-state index contributed by atoms with van der Waals surface area (Å²) < 4.78 is 4.42. The molecule has 6 nitrogen and oxygen atoms in total. The van der Waals surface area contributed by atoms with Gasteiger partial charge in [0.05, 0.1) is 7.11 Å². The molecule has 6 heteroatoms. The van der Waals surface area contributed by atoms with Gasteiger partial charge in [-0.15, -0.1) is 0 Å². The molecule has 0 aromatic heterocycles. The van der Waals surface area contributed by atoms with Gasteiger partial charge in [-0.2, -0.15) is 0 Å². The molecule has 1 aliphatic heterocycles. The minimum absolute atomic E-state index is 0.00352. The summed E-state index contributed by atoms with van der Waals surface area (Å²) in [6, 6.07) is -1.82. The zero-order valence-corrected chi connectivity index (χ0v) is 7.65. The van der Waals surface area contributed by atoms with Crippen LogP contribution in [-0.2, 0) is 19.1 Å². The molecule has 0 amide bonds. The predicted molar refractivity (Wildman–Crippen MR) is 44.6 cm³/mol. The fourth-order valence-electron chi connectivity index (χ4n) is 1.35. The molecule has 0 radical (unpaired) electrons. The summed E-state index contributed by atoms with van der Waals surface area (Å²) in [5.74, 6) is -1.98. The second kappa shape index (κ2) is 4.19. The number of hydrogen-bond donors (Lipinski definition) is 2. The summed E-state index contributed by atoms with van der Waals surface area (Å²) in [4.78, 5) is 32.7. The summed E-state index contributed by atoms with van der Waals surface area (Å²) in [5.41, 5.74) is 0. The van der Waals surface area contributed by atoms with Gasteiger partial charge in [-0.25, -0.2) is 0 Å². The summed E-state index contributed by atoms with van der Waals surface area (Å²) in [5, 5.41) is 11.2. The molecule has 78 valence electrons. The first-order chi connectivity index (χ1) is 6.54. The van der Waals surface area contributed by atoms with Crippen molar-refractivity contribution in [1.82, 2.24) is 5.32 Å². The van der Waals surface area contributed by atoms with Gasteiger partial charge in [0.15, 0.2) is 0 Å². The minimum Gasteiger partial charge on any atom is -0.480 e. The highest BCUT2D eigenvalue weighted by atomic mass is 16.5. The van der Waals surface area contributed by atoms with E-state index in [4.69, 9.17) is 5.11 Å². The van der Waals surface area contributed by atoms with Gasteiger partial charge in [0, 0.05) is 12.8 Å². The number of piperidine rings is 1. The number of hydrogen-bond acceptors (Lipinski definition) is 5. The largest absolute Gasteiger partial charge is 0.480 e. The molecule has 14 heavy (non-hydrogen) atoms. The first kappa shape index (κ1) is 10.6. The number of methoxy groups -OCH3 is 1. The molecule has 1 aliphatic rings. The Bertz CT molecular complexity index is 275. The van der Waals surface area contributed by atoms with Crippen LogP contribution in [0, 0.1) is 0 Å². The number of carboxylic acids is 1. The van der Waals surface area contributed by atoms with E-state index in [2.05, 4.69) is 10.1 Å². The smallest absolute Gasteiger partial charge is 0.323 e. The van der Waals surface area contributed by atoms with E-state index >= 15 is 0 Å². The van der Waals surface area contributed by atoms with Gasteiger partial charge in [-0.3, -0.25) is 19.7 Å². The Morgan fingerprint density at radius 1 is 1.43 bits per heavy atom. The highest BCUT2D eigenvalue weighted by Gasteiger charge is 2.34. The van der Waals surface area contributed by atoms with E-state index in [1.54, 1.807) is 0 Å². The van der Waals surface area contributed by atoms with Gasteiger partial charge in [-0.05, 0) is 0 Å². The molecule has 0 aromatic rings. The second-order valence-corrected chi connectivity index (χ2v) is 3.08. The third-order valence-electron chi connectivity index (χ3n) is 2.05. The SMILES string of the molecule is COC(=O)C1CC(=O)CC(C(=O)O)N1. The Hall–Kier alpha value is -1.43. The molecule has 1 rings (SSSR count). The van der Waals surface area contributed by atoms with E-state index in [0.717, 1.165) is 0 Å². The van der Waals surface area contributed by atoms with Crippen molar-refractivity contribution in [2.75, 3.05) is 7.11 Å². The third-order valence-corrected chi connectivity index (χ3v) is 2.05. The Kier molecular flexibility index (Phi) is 3.19. The van der Waals surface area contributed by atoms with Crippen molar-refractivity contribution in [3.8, 4) is 0 Å². The summed E-state index contributed by atoms with van der Waals surface area (Å²) >= 11 is 0. The van der Waals surface area contributed by atoms with Crippen LogP contribution in [0.25, 0.3) is 0 Å². The molecule has 1 saturated heterocycles.